The van der Waals surface area contributed by atoms with Crippen molar-refractivity contribution in [3.8, 4) is 0 Å². The van der Waals surface area contributed by atoms with Crippen molar-refractivity contribution in [2.75, 3.05) is 13.2 Å². The van der Waals surface area contributed by atoms with Crippen LogP contribution in [0.25, 0.3) is 0 Å². The second-order valence-corrected chi connectivity index (χ2v) is 5.57. The molecule has 106 valence electrons. The molecule has 2 unspecified atom stereocenters. The van der Waals surface area contributed by atoms with Gasteiger partial charge in [0.15, 0.2) is 0 Å². The second kappa shape index (κ2) is 5.13. The summed E-state index contributed by atoms with van der Waals surface area (Å²) in [6, 6.07) is 5.33. The third-order valence-electron chi connectivity index (χ3n) is 3.71. The molecule has 1 aromatic rings. The fraction of sp³-hybridized carbons (Fsp3) is 0.571. The molecule has 1 saturated heterocycles. The van der Waals surface area contributed by atoms with E-state index in [0.717, 1.165) is 37.1 Å². The summed E-state index contributed by atoms with van der Waals surface area (Å²) in [5.74, 6) is 0.355. The summed E-state index contributed by atoms with van der Waals surface area (Å²) in [5.41, 5.74) is 0.0410. The molecule has 0 spiro atoms. The molecule has 1 aromatic carbocycles. The zero-order valence-corrected chi connectivity index (χ0v) is 10.8. The Balaban J connectivity index is 1.98. The molecule has 1 fully saturated rings. The Bertz CT molecular complexity index is 429. The van der Waals surface area contributed by atoms with Crippen molar-refractivity contribution in [3.63, 3.8) is 0 Å². The normalized spacial score (nSPS) is 27.7. The average Bonchev–Trinajstić information content (AvgIpc) is 2.71. The largest absolute Gasteiger partial charge is 0.416 e. The number of nitrogens with one attached hydrogen (secondary N) is 1. The zero-order chi connectivity index (χ0) is 14.1. The number of aliphatic hydroxyl groups is 1. The molecule has 1 aliphatic rings. The van der Waals surface area contributed by atoms with E-state index < -0.39 is 11.7 Å². The molecule has 1 aliphatic heterocycles. The number of rotatable bonds is 3. The van der Waals surface area contributed by atoms with Crippen LogP contribution in [0.2, 0.25) is 0 Å². The van der Waals surface area contributed by atoms with Gasteiger partial charge >= 0.3 is 6.18 Å². The molecule has 0 aromatic heterocycles. The van der Waals surface area contributed by atoms with E-state index in [2.05, 4.69) is 5.32 Å². The molecule has 0 saturated carbocycles. The molecular weight excluding hydrogens is 255 g/mol. The van der Waals surface area contributed by atoms with Crippen LogP contribution in [0.4, 0.5) is 13.2 Å². The van der Waals surface area contributed by atoms with Crippen molar-refractivity contribution < 1.29 is 18.3 Å². The van der Waals surface area contributed by atoms with Crippen LogP contribution in [0.15, 0.2) is 24.3 Å². The molecule has 0 amide bonds. The highest BCUT2D eigenvalue weighted by molar-refractivity contribution is 5.25. The SMILES string of the molecule is CC1(CO)CC(Cc2ccc(C(F)(F)F)cc2)CN1. The smallest absolute Gasteiger partial charge is 0.394 e. The molecule has 0 radical (unpaired) electrons. The van der Waals surface area contributed by atoms with E-state index in [1.54, 1.807) is 0 Å². The zero-order valence-electron chi connectivity index (χ0n) is 10.8. The highest BCUT2D eigenvalue weighted by Gasteiger charge is 2.34. The maximum Gasteiger partial charge on any atom is 0.416 e. The van der Waals surface area contributed by atoms with Crippen molar-refractivity contribution in [3.05, 3.63) is 35.4 Å². The molecule has 2 rings (SSSR count). The summed E-state index contributed by atoms with van der Waals surface area (Å²) in [4.78, 5) is 0. The predicted molar refractivity (Wildman–Crippen MR) is 66.7 cm³/mol. The van der Waals surface area contributed by atoms with Crippen molar-refractivity contribution in [1.82, 2.24) is 5.32 Å². The Labute approximate surface area is 110 Å². The van der Waals surface area contributed by atoms with E-state index in [1.807, 2.05) is 6.92 Å². The van der Waals surface area contributed by atoms with Gasteiger partial charge < -0.3 is 10.4 Å². The van der Waals surface area contributed by atoms with Crippen LogP contribution in [-0.2, 0) is 12.6 Å². The van der Waals surface area contributed by atoms with E-state index >= 15 is 0 Å². The molecule has 1 heterocycles. The fourth-order valence-corrected chi connectivity index (χ4v) is 2.60. The van der Waals surface area contributed by atoms with Gasteiger partial charge in [0.25, 0.3) is 0 Å². The maximum atomic E-state index is 12.4. The Morgan fingerprint density at radius 1 is 1.32 bits per heavy atom. The number of hydrogen-bond acceptors (Lipinski definition) is 2. The minimum absolute atomic E-state index is 0.0799. The Morgan fingerprint density at radius 2 is 1.95 bits per heavy atom. The highest BCUT2D eigenvalue weighted by atomic mass is 19.4. The van der Waals surface area contributed by atoms with Crippen LogP contribution in [0.1, 0.15) is 24.5 Å². The summed E-state index contributed by atoms with van der Waals surface area (Å²) in [5, 5.41) is 12.5. The predicted octanol–water partition coefficient (Wildman–Crippen LogP) is 2.61. The molecule has 2 atom stereocenters. The van der Waals surface area contributed by atoms with Gasteiger partial charge in [-0.15, -0.1) is 0 Å². The van der Waals surface area contributed by atoms with Crippen LogP contribution in [0, 0.1) is 5.92 Å². The molecule has 2 nitrogen and oxygen atoms in total. The molecule has 2 N–H and O–H groups in total. The Hall–Kier alpha value is -1.07. The second-order valence-electron chi connectivity index (χ2n) is 5.57. The lowest BCUT2D eigenvalue weighted by atomic mass is 9.91. The average molecular weight is 273 g/mol. The van der Waals surface area contributed by atoms with Gasteiger partial charge in [0, 0.05) is 5.54 Å². The summed E-state index contributed by atoms with van der Waals surface area (Å²) in [7, 11) is 0. The number of hydrogen-bond donors (Lipinski definition) is 2. The van der Waals surface area contributed by atoms with Gasteiger partial charge in [-0.2, -0.15) is 13.2 Å². The van der Waals surface area contributed by atoms with Crippen LogP contribution >= 0.6 is 0 Å². The van der Waals surface area contributed by atoms with Gasteiger partial charge in [-0.25, -0.2) is 0 Å². The lowest BCUT2D eigenvalue weighted by molar-refractivity contribution is -0.137. The summed E-state index contributed by atoms with van der Waals surface area (Å²) in [6.45, 7) is 2.83. The van der Waals surface area contributed by atoms with Crippen molar-refractivity contribution in [2.24, 2.45) is 5.92 Å². The first-order valence-electron chi connectivity index (χ1n) is 6.34. The minimum atomic E-state index is -4.27. The Morgan fingerprint density at radius 3 is 2.42 bits per heavy atom. The molecule has 19 heavy (non-hydrogen) atoms. The van der Waals surface area contributed by atoms with Crippen LogP contribution < -0.4 is 5.32 Å². The van der Waals surface area contributed by atoms with E-state index in [9.17, 15) is 18.3 Å². The minimum Gasteiger partial charge on any atom is -0.394 e. The first kappa shape index (κ1) is 14.3. The fourth-order valence-electron chi connectivity index (χ4n) is 2.60. The van der Waals surface area contributed by atoms with E-state index in [-0.39, 0.29) is 12.1 Å². The van der Waals surface area contributed by atoms with E-state index in [1.165, 1.54) is 12.1 Å². The quantitative estimate of drug-likeness (QED) is 0.887. The van der Waals surface area contributed by atoms with Crippen molar-refractivity contribution in [2.45, 2.75) is 31.5 Å². The van der Waals surface area contributed by atoms with Crippen LogP contribution in [0.5, 0.6) is 0 Å². The van der Waals surface area contributed by atoms with Crippen LogP contribution in [-0.4, -0.2) is 23.8 Å². The van der Waals surface area contributed by atoms with Gasteiger partial charge in [-0.3, -0.25) is 0 Å². The van der Waals surface area contributed by atoms with Gasteiger partial charge in [-0.1, -0.05) is 12.1 Å². The van der Waals surface area contributed by atoms with E-state index in [0.29, 0.717) is 5.92 Å². The number of benzene rings is 1. The standard InChI is InChI=1S/C14H18F3NO/c1-13(9-19)7-11(8-18-13)6-10-2-4-12(5-3-10)14(15,16)17/h2-5,11,18-19H,6-9H2,1H3. The lowest BCUT2D eigenvalue weighted by Crippen LogP contribution is -2.39. The van der Waals surface area contributed by atoms with E-state index in [4.69, 9.17) is 0 Å². The van der Waals surface area contributed by atoms with Crippen LogP contribution in [0.3, 0.4) is 0 Å². The molecule has 0 aliphatic carbocycles. The van der Waals surface area contributed by atoms with Gasteiger partial charge in [0.2, 0.25) is 0 Å². The highest BCUT2D eigenvalue weighted by Crippen LogP contribution is 2.30. The first-order chi connectivity index (χ1) is 8.82. The van der Waals surface area contributed by atoms with Gasteiger partial charge in [-0.05, 0) is 49.9 Å². The third-order valence-corrected chi connectivity index (χ3v) is 3.71. The lowest BCUT2D eigenvalue weighted by Gasteiger charge is -2.21. The topological polar surface area (TPSA) is 32.3 Å². The summed E-state index contributed by atoms with van der Waals surface area (Å²) in [6.07, 6.45) is -2.70. The van der Waals surface area contributed by atoms with Gasteiger partial charge in [0.05, 0.1) is 12.2 Å². The number of halogens is 3. The number of aliphatic hydroxyl groups excluding tert-OH is 1. The monoisotopic (exact) mass is 273 g/mol. The summed E-state index contributed by atoms with van der Waals surface area (Å²) < 4.78 is 37.3. The van der Waals surface area contributed by atoms with Crippen molar-refractivity contribution >= 4 is 0 Å². The van der Waals surface area contributed by atoms with Crippen molar-refractivity contribution in [1.29, 1.82) is 0 Å². The first-order valence-corrected chi connectivity index (χ1v) is 6.34. The molecule has 5 heteroatoms. The maximum absolute atomic E-state index is 12.4. The summed E-state index contributed by atoms with van der Waals surface area (Å²) >= 11 is 0. The molecular formula is C14H18F3NO. The third kappa shape index (κ3) is 3.48. The Kier molecular flexibility index (Phi) is 3.87. The number of alkyl halides is 3. The molecule has 0 bridgehead atoms. The van der Waals surface area contributed by atoms with Gasteiger partial charge in [0.1, 0.15) is 0 Å².